The molecule has 1 aromatic carbocycles. The number of rotatable bonds is 5. The minimum atomic E-state index is 0.450. The van der Waals surface area contributed by atoms with E-state index in [1.807, 2.05) is 45.0 Å². The average molecular weight is 292 g/mol. The Hall–Kier alpha value is -1.81. The fraction of sp³-hybridized carbons (Fsp3) is 0.333. The van der Waals surface area contributed by atoms with Crippen LogP contribution in [0.3, 0.4) is 0 Å². The van der Waals surface area contributed by atoms with Gasteiger partial charge >= 0.3 is 0 Å². The fourth-order valence-electron chi connectivity index (χ4n) is 1.84. The lowest BCUT2D eigenvalue weighted by molar-refractivity contribution is 0.340. The number of hydrogen-bond donors (Lipinski definition) is 1. The van der Waals surface area contributed by atoms with Crippen LogP contribution < -0.4 is 10.1 Å². The molecule has 1 N–H and O–H groups in total. The van der Waals surface area contributed by atoms with Gasteiger partial charge < -0.3 is 10.1 Å². The van der Waals surface area contributed by atoms with Crippen LogP contribution in [0.25, 0.3) is 0 Å². The van der Waals surface area contributed by atoms with Crippen LogP contribution in [0.1, 0.15) is 23.6 Å². The number of nitrogens with zero attached hydrogens (tertiary/aromatic N) is 2. The zero-order chi connectivity index (χ0) is 14.5. The van der Waals surface area contributed by atoms with Gasteiger partial charge in [0.05, 0.1) is 6.61 Å². The van der Waals surface area contributed by atoms with Gasteiger partial charge in [-0.1, -0.05) is 23.7 Å². The third-order valence-electron chi connectivity index (χ3n) is 3.13. The molecule has 0 radical (unpaired) electrons. The van der Waals surface area contributed by atoms with Crippen LogP contribution in [0.4, 0.5) is 5.82 Å². The molecule has 20 heavy (non-hydrogen) atoms. The minimum Gasteiger partial charge on any atom is -0.494 e. The lowest BCUT2D eigenvalue weighted by Crippen LogP contribution is -2.06. The van der Waals surface area contributed by atoms with Gasteiger partial charge in [-0.05, 0) is 49.6 Å². The standard InChI is InChI=1S/C15H18ClN3O/c1-4-20-13-7-5-6-12(8-13)9-17-15-11(3)10(2)14(16)18-19-15/h5-8H,4,9H2,1-3H3,(H,17,19). The number of ether oxygens (including phenoxy) is 1. The van der Waals surface area contributed by atoms with Gasteiger partial charge in [0, 0.05) is 6.54 Å². The molecule has 1 aromatic heterocycles. The second kappa shape index (κ2) is 6.57. The van der Waals surface area contributed by atoms with Gasteiger partial charge in [-0.15, -0.1) is 10.2 Å². The van der Waals surface area contributed by atoms with Crippen molar-refractivity contribution < 1.29 is 4.74 Å². The number of aromatic nitrogens is 2. The molecular weight excluding hydrogens is 274 g/mol. The topological polar surface area (TPSA) is 47.0 Å². The second-order valence-electron chi connectivity index (χ2n) is 4.52. The van der Waals surface area contributed by atoms with Crippen molar-refractivity contribution >= 4 is 17.4 Å². The molecule has 0 saturated carbocycles. The predicted octanol–water partition coefficient (Wildman–Crippen LogP) is 3.76. The maximum absolute atomic E-state index is 5.94. The first-order valence-electron chi connectivity index (χ1n) is 6.56. The van der Waals surface area contributed by atoms with Crippen LogP contribution >= 0.6 is 11.6 Å². The minimum absolute atomic E-state index is 0.450. The van der Waals surface area contributed by atoms with Gasteiger partial charge in [0.1, 0.15) is 5.75 Å². The van der Waals surface area contributed by atoms with E-state index in [2.05, 4.69) is 15.5 Å². The quantitative estimate of drug-likeness (QED) is 0.911. The van der Waals surface area contributed by atoms with Crippen LogP contribution in [0, 0.1) is 13.8 Å². The summed E-state index contributed by atoms with van der Waals surface area (Å²) in [7, 11) is 0. The zero-order valence-corrected chi connectivity index (χ0v) is 12.7. The molecule has 0 aliphatic heterocycles. The van der Waals surface area contributed by atoms with Crippen LogP contribution in [0.15, 0.2) is 24.3 Å². The van der Waals surface area contributed by atoms with E-state index in [4.69, 9.17) is 16.3 Å². The first kappa shape index (κ1) is 14.6. The summed E-state index contributed by atoms with van der Waals surface area (Å²) in [5.41, 5.74) is 3.10. The Morgan fingerprint density at radius 2 is 2.00 bits per heavy atom. The molecule has 0 aliphatic rings. The smallest absolute Gasteiger partial charge is 0.155 e. The lowest BCUT2D eigenvalue weighted by atomic mass is 10.2. The Balaban J connectivity index is 2.09. The van der Waals surface area contributed by atoms with Crippen molar-refractivity contribution in [2.45, 2.75) is 27.3 Å². The van der Waals surface area contributed by atoms with Gasteiger partial charge in [-0.25, -0.2) is 0 Å². The number of hydrogen-bond acceptors (Lipinski definition) is 4. The van der Waals surface area contributed by atoms with E-state index in [0.29, 0.717) is 18.3 Å². The van der Waals surface area contributed by atoms with Crippen LogP contribution in [-0.4, -0.2) is 16.8 Å². The second-order valence-corrected chi connectivity index (χ2v) is 4.88. The molecule has 0 spiro atoms. The van der Waals surface area contributed by atoms with Crippen LogP contribution in [0.5, 0.6) is 5.75 Å². The Kier molecular flexibility index (Phi) is 4.79. The van der Waals surface area contributed by atoms with E-state index >= 15 is 0 Å². The highest BCUT2D eigenvalue weighted by Crippen LogP contribution is 2.21. The number of anilines is 1. The van der Waals surface area contributed by atoms with E-state index in [9.17, 15) is 0 Å². The Bertz CT molecular complexity index is 602. The summed E-state index contributed by atoms with van der Waals surface area (Å²) in [4.78, 5) is 0. The first-order chi connectivity index (χ1) is 9.61. The van der Waals surface area contributed by atoms with Gasteiger partial charge in [0.25, 0.3) is 0 Å². The maximum atomic E-state index is 5.94. The summed E-state index contributed by atoms with van der Waals surface area (Å²) in [6.07, 6.45) is 0. The van der Waals surface area contributed by atoms with Crippen molar-refractivity contribution in [2.75, 3.05) is 11.9 Å². The van der Waals surface area contributed by atoms with Gasteiger partial charge in [0.15, 0.2) is 11.0 Å². The number of halogens is 1. The Morgan fingerprint density at radius 3 is 2.75 bits per heavy atom. The third kappa shape index (κ3) is 3.39. The summed E-state index contributed by atoms with van der Waals surface area (Å²) < 4.78 is 5.48. The van der Waals surface area contributed by atoms with Crippen LogP contribution in [0.2, 0.25) is 5.15 Å². The summed E-state index contributed by atoms with van der Waals surface area (Å²) in [6, 6.07) is 7.99. The maximum Gasteiger partial charge on any atom is 0.155 e. The number of benzene rings is 1. The highest BCUT2D eigenvalue weighted by Gasteiger charge is 2.07. The largest absolute Gasteiger partial charge is 0.494 e. The van der Waals surface area contributed by atoms with Gasteiger partial charge in [0.2, 0.25) is 0 Å². The molecule has 0 amide bonds. The Morgan fingerprint density at radius 1 is 1.20 bits per heavy atom. The average Bonchev–Trinajstić information content (AvgIpc) is 2.45. The van der Waals surface area contributed by atoms with Crippen molar-refractivity contribution in [1.82, 2.24) is 10.2 Å². The summed E-state index contributed by atoms with van der Waals surface area (Å²) >= 11 is 5.94. The van der Waals surface area contributed by atoms with Crippen molar-refractivity contribution in [3.05, 3.63) is 46.1 Å². The monoisotopic (exact) mass is 291 g/mol. The predicted molar refractivity (Wildman–Crippen MR) is 81.5 cm³/mol. The molecule has 1 heterocycles. The van der Waals surface area contributed by atoms with Crippen molar-refractivity contribution in [2.24, 2.45) is 0 Å². The normalized spacial score (nSPS) is 10.4. The van der Waals surface area contributed by atoms with Crippen molar-refractivity contribution in [3.63, 3.8) is 0 Å². The van der Waals surface area contributed by atoms with E-state index in [1.165, 1.54) is 0 Å². The first-order valence-corrected chi connectivity index (χ1v) is 6.94. The molecule has 0 fully saturated rings. The highest BCUT2D eigenvalue weighted by atomic mass is 35.5. The Labute approximate surface area is 124 Å². The molecule has 0 aliphatic carbocycles. The summed E-state index contributed by atoms with van der Waals surface area (Å²) in [6.45, 7) is 7.22. The van der Waals surface area contributed by atoms with E-state index < -0.39 is 0 Å². The SMILES string of the molecule is CCOc1cccc(CNc2nnc(Cl)c(C)c2C)c1. The summed E-state index contributed by atoms with van der Waals surface area (Å²) in [5, 5.41) is 11.7. The zero-order valence-electron chi connectivity index (χ0n) is 11.9. The van der Waals surface area contributed by atoms with Crippen molar-refractivity contribution in [1.29, 1.82) is 0 Å². The summed E-state index contributed by atoms with van der Waals surface area (Å²) in [5.74, 6) is 1.63. The molecule has 4 nitrogen and oxygen atoms in total. The molecule has 2 aromatic rings. The molecular formula is C15H18ClN3O. The van der Waals surface area contributed by atoms with Gasteiger partial charge in [-0.3, -0.25) is 0 Å². The van der Waals surface area contributed by atoms with E-state index in [1.54, 1.807) is 0 Å². The van der Waals surface area contributed by atoms with E-state index in [0.717, 1.165) is 28.3 Å². The molecule has 5 heteroatoms. The highest BCUT2D eigenvalue weighted by molar-refractivity contribution is 6.30. The third-order valence-corrected chi connectivity index (χ3v) is 3.49. The molecule has 106 valence electrons. The molecule has 0 atom stereocenters. The molecule has 0 unspecified atom stereocenters. The molecule has 0 saturated heterocycles. The van der Waals surface area contributed by atoms with E-state index in [-0.39, 0.29) is 0 Å². The number of nitrogens with one attached hydrogen (secondary N) is 1. The lowest BCUT2D eigenvalue weighted by Gasteiger charge is -2.11. The molecule has 2 rings (SSSR count). The molecule has 0 bridgehead atoms. The van der Waals surface area contributed by atoms with Crippen LogP contribution in [-0.2, 0) is 6.54 Å². The fourth-order valence-corrected chi connectivity index (χ4v) is 2.02. The van der Waals surface area contributed by atoms with Crippen molar-refractivity contribution in [3.8, 4) is 5.75 Å². The van der Waals surface area contributed by atoms with Gasteiger partial charge in [-0.2, -0.15) is 0 Å².